The predicted molar refractivity (Wildman–Crippen MR) is 51.4 cm³/mol. The Morgan fingerprint density at radius 3 is 2.77 bits per heavy atom. The fourth-order valence-corrected chi connectivity index (χ4v) is 1.31. The van der Waals surface area contributed by atoms with Crippen molar-refractivity contribution in [1.82, 2.24) is 14.7 Å². The summed E-state index contributed by atoms with van der Waals surface area (Å²) in [4.78, 5) is 2.05. The molecule has 0 aliphatic rings. The van der Waals surface area contributed by atoms with Gasteiger partial charge in [-0.05, 0) is 19.5 Å². The lowest BCUT2D eigenvalue weighted by Crippen LogP contribution is -2.22. The fraction of sp³-hybridized carbons (Fsp3) is 0.667. The molecule has 1 heterocycles. The largest absolute Gasteiger partial charge is 0.395 e. The SMILES string of the molecule is Cc1cn(C)nc1CN(C)CCO. The van der Waals surface area contributed by atoms with E-state index >= 15 is 0 Å². The van der Waals surface area contributed by atoms with Crippen molar-refractivity contribution < 1.29 is 5.11 Å². The van der Waals surface area contributed by atoms with E-state index in [-0.39, 0.29) is 6.61 Å². The molecule has 0 aliphatic carbocycles. The van der Waals surface area contributed by atoms with Crippen LogP contribution in [-0.4, -0.2) is 40.0 Å². The maximum absolute atomic E-state index is 8.72. The molecule has 4 heteroatoms. The Balaban J connectivity index is 2.57. The van der Waals surface area contributed by atoms with E-state index in [4.69, 9.17) is 5.11 Å². The van der Waals surface area contributed by atoms with E-state index in [1.165, 1.54) is 5.56 Å². The molecule has 0 saturated heterocycles. The number of hydrogen-bond acceptors (Lipinski definition) is 3. The van der Waals surface area contributed by atoms with Gasteiger partial charge in [0.1, 0.15) is 0 Å². The van der Waals surface area contributed by atoms with Gasteiger partial charge in [-0.15, -0.1) is 0 Å². The van der Waals surface area contributed by atoms with E-state index in [1.54, 1.807) is 0 Å². The monoisotopic (exact) mass is 183 g/mol. The van der Waals surface area contributed by atoms with Gasteiger partial charge in [-0.25, -0.2) is 0 Å². The molecule has 0 aromatic carbocycles. The molecule has 0 unspecified atom stereocenters. The molecule has 0 atom stereocenters. The fourth-order valence-electron chi connectivity index (χ4n) is 1.31. The molecule has 0 radical (unpaired) electrons. The maximum Gasteiger partial charge on any atom is 0.0793 e. The van der Waals surface area contributed by atoms with E-state index in [2.05, 4.69) is 16.9 Å². The van der Waals surface area contributed by atoms with Crippen molar-refractivity contribution in [3.63, 3.8) is 0 Å². The number of aromatic nitrogens is 2. The smallest absolute Gasteiger partial charge is 0.0793 e. The van der Waals surface area contributed by atoms with Crippen LogP contribution in [0, 0.1) is 6.92 Å². The van der Waals surface area contributed by atoms with Gasteiger partial charge in [0.15, 0.2) is 0 Å². The molecule has 0 saturated carbocycles. The molecule has 0 spiro atoms. The van der Waals surface area contributed by atoms with E-state index < -0.39 is 0 Å². The van der Waals surface area contributed by atoms with Gasteiger partial charge in [0.2, 0.25) is 0 Å². The molecule has 0 bridgehead atoms. The third-order valence-electron chi connectivity index (χ3n) is 2.02. The normalized spacial score (nSPS) is 11.2. The van der Waals surface area contributed by atoms with Crippen molar-refractivity contribution in [2.75, 3.05) is 20.2 Å². The number of aliphatic hydroxyl groups is 1. The molecule has 4 nitrogen and oxygen atoms in total. The number of nitrogens with zero attached hydrogens (tertiary/aromatic N) is 3. The minimum absolute atomic E-state index is 0.197. The minimum atomic E-state index is 0.197. The highest BCUT2D eigenvalue weighted by atomic mass is 16.3. The van der Waals surface area contributed by atoms with Crippen molar-refractivity contribution in [2.24, 2.45) is 7.05 Å². The first-order valence-corrected chi connectivity index (χ1v) is 4.42. The second-order valence-electron chi connectivity index (χ2n) is 3.39. The average Bonchev–Trinajstić information content (AvgIpc) is 2.30. The van der Waals surface area contributed by atoms with Crippen LogP contribution in [0.3, 0.4) is 0 Å². The van der Waals surface area contributed by atoms with Crippen molar-refractivity contribution in [2.45, 2.75) is 13.5 Å². The topological polar surface area (TPSA) is 41.3 Å². The average molecular weight is 183 g/mol. The highest BCUT2D eigenvalue weighted by Gasteiger charge is 2.05. The summed E-state index contributed by atoms with van der Waals surface area (Å²) in [6, 6.07) is 0. The highest BCUT2D eigenvalue weighted by Crippen LogP contribution is 2.06. The Morgan fingerprint density at radius 2 is 2.31 bits per heavy atom. The van der Waals surface area contributed by atoms with Gasteiger partial charge in [-0.2, -0.15) is 5.10 Å². The molecule has 0 aliphatic heterocycles. The first-order valence-electron chi connectivity index (χ1n) is 4.42. The van der Waals surface area contributed by atoms with Crippen LogP contribution in [0.5, 0.6) is 0 Å². The highest BCUT2D eigenvalue weighted by molar-refractivity contribution is 5.14. The van der Waals surface area contributed by atoms with Crippen LogP contribution in [0.15, 0.2) is 6.20 Å². The van der Waals surface area contributed by atoms with Crippen LogP contribution in [0.2, 0.25) is 0 Å². The zero-order valence-electron chi connectivity index (χ0n) is 8.49. The second kappa shape index (κ2) is 4.39. The lowest BCUT2D eigenvalue weighted by atomic mass is 10.2. The van der Waals surface area contributed by atoms with E-state index in [0.29, 0.717) is 6.54 Å². The van der Waals surface area contributed by atoms with Gasteiger partial charge < -0.3 is 5.11 Å². The molecule has 0 amide bonds. The molecule has 1 rings (SSSR count). The van der Waals surface area contributed by atoms with Crippen molar-refractivity contribution in [1.29, 1.82) is 0 Å². The van der Waals surface area contributed by atoms with Crippen LogP contribution >= 0.6 is 0 Å². The van der Waals surface area contributed by atoms with Gasteiger partial charge in [0.05, 0.1) is 12.3 Å². The number of aryl methyl sites for hydroxylation is 2. The third kappa shape index (κ3) is 2.82. The summed E-state index contributed by atoms with van der Waals surface area (Å²) in [5.74, 6) is 0. The molecular formula is C9H17N3O. The molecule has 74 valence electrons. The molecule has 1 aromatic rings. The first kappa shape index (κ1) is 10.2. The van der Waals surface area contributed by atoms with Crippen molar-refractivity contribution >= 4 is 0 Å². The van der Waals surface area contributed by atoms with Crippen LogP contribution in [0.4, 0.5) is 0 Å². The van der Waals surface area contributed by atoms with Gasteiger partial charge in [-0.3, -0.25) is 9.58 Å². The van der Waals surface area contributed by atoms with E-state index in [9.17, 15) is 0 Å². The lowest BCUT2D eigenvalue weighted by Gasteiger charge is -2.13. The molecule has 1 N–H and O–H groups in total. The molecule has 1 aromatic heterocycles. The predicted octanol–water partition coefficient (Wildman–Crippen LogP) is 0.153. The number of aliphatic hydroxyl groups excluding tert-OH is 1. The number of likely N-dealkylation sites (N-methyl/N-ethyl adjacent to an activating group) is 1. The van der Waals surface area contributed by atoms with Gasteiger partial charge in [-0.1, -0.05) is 0 Å². The summed E-state index contributed by atoms with van der Waals surface area (Å²) in [5, 5.41) is 13.0. The van der Waals surface area contributed by atoms with Gasteiger partial charge in [0, 0.05) is 26.3 Å². The van der Waals surface area contributed by atoms with Crippen LogP contribution in [0.25, 0.3) is 0 Å². The molecule has 0 fully saturated rings. The van der Waals surface area contributed by atoms with Crippen LogP contribution < -0.4 is 0 Å². The summed E-state index contributed by atoms with van der Waals surface area (Å²) >= 11 is 0. The van der Waals surface area contributed by atoms with Gasteiger partial charge in [0.25, 0.3) is 0 Å². The maximum atomic E-state index is 8.72. The molecular weight excluding hydrogens is 166 g/mol. The Kier molecular flexibility index (Phi) is 3.45. The van der Waals surface area contributed by atoms with Crippen molar-refractivity contribution in [3.05, 3.63) is 17.5 Å². The number of hydrogen-bond donors (Lipinski definition) is 1. The third-order valence-corrected chi connectivity index (χ3v) is 2.02. The summed E-state index contributed by atoms with van der Waals surface area (Å²) in [6.07, 6.45) is 2.00. The lowest BCUT2D eigenvalue weighted by molar-refractivity contribution is 0.215. The Morgan fingerprint density at radius 1 is 1.62 bits per heavy atom. The van der Waals surface area contributed by atoms with Gasteiger partial charge >= 0.3 is 0 Å². The Bertz CT molecular complexity index is 270. The standard InChI is InChI=1S/C9H17N3O/c1-8-6-12(3)10-9(8)7-11(2)4-5-13/h6,13H,4-5,7H2,1-3H3. The first-order chi connectivity index (χ1) is 6.13. The number of rotatable bonds is 4. The Hall–Kier alpha value is -0.870. The Labute approximate surface area is 78.8 Å². The molecule has 13 heavy (non-hydrogen) atoms. The summed E-state index contributed by atoms with van der Waals surface area (Å²) in [6.45, 7) is 3.74. The summed E-state index contributed by atoms with van der Waals surface area (Å²) < 4.78 is 1.82. The quantitative estimate of drug-likeness (QED) is 0.722. The minimum Gasteiger partial charge on any atom is -0.395 e. The van der Waals surface area contributed by atoms with E-state index in [1.807, 2.05) is 25.0 Å². The summed E-state index contributed by atoms with van der Waals surface area (Å²) in [7, 11) is 3.90. The zero-order chi connectivity index (χ0) is 9.84. The summed E-state index contributed by atoms with van der Waals surface area (Å²) in [5.41, 5.74) is 2.28. The second-order valence-corrected chi connectivity index (χ2v) is 3.39. The zero-order valence-corrected chi connectivity index (χ0v) is 8.49. The van der Waals surface area contributed by atoms with Crippen LogP contribution in [-0.2, 0) is 13.6 Å². The van der Waals surface area contributed by atoms with Crippen molar-refractivity contribution in [3.8, 4) is 0 Å². The van der Waals surface area contributed by atoms with Crippen LogP contribution in [0.1, 0.15) is 11.3 Å². The van der Waals surface area contributed by atoms with E-state index in [0.717, 1.165) is 12.2 Å².